The number of benzene rings is 1. The lowest BCUT2D eigenvalue weighted by atomic mass is 9.57. The number of allylic oxidation sites excluding steroid dienone is 2. The van der Waals surface area contributed by atoms with Gasteiger partial charge in [-0.05, 0) is 80.5 Å². The first kappa shape index (κ1) is 31.5. The standard InChI is InChI=1S/C31H41BBrNO7/c1-4-19(14-20-15-21(33)10-11-25(20)35)9-12-26-28-22(18(2)3)16-23-29(24(28)17-32(40)41-26)31(39)34(30(23)38)13-7-5-6-8-27(36)37/h10-11,14-15,18,23-24,26,29,35,40H,4-9,12-13,16-17H2,1-3H3,(H,36,37)/b19-14+/t23-,24+,26-,29-/m1/s1. The number of hydrogen-bond acceptors (Lipinski definition) is 6. The van der Waals surface area contributed by atoms with Crippen molar-refractivity contribution in [3.63, 3.8) is 0 Å². The Labute approximate surface area is 251 Å². The number of aromatic hydroxyl groups is 1. The van der Waals surface area contributed by atoms with Crippen LogP contribution in [-0.4, -0.2) is 57.7 Å². The summed E-state index contributed by atoms with van der Waals surface area (Å²) in [6, 6.07) is 5.33. The zero-order chi connectivity index (χ0) is 29.8. The van der Waals surface area contributed by atoms with E-state index in [-0.39, 0.29) is 48.2 Å². The number of carboxylic acids is 1. The summed E-state index contributed by atoms with van der Waals surface area (Å²) in [6.07, 6.45) is 6.39. The van der Waals surface area contributed by atoms with Crippen LogP contribution in [0.5, 0.6) is 5.75 Å². The smallest absolute Gasteiger partial charge is 0.455 e. The molecular formula is C31H41BBrNO7. The number of nitrogens with zero attached hydrogens (tertiary/aromatic N) is 1. The van der Waals surface area contributed by atoms with Crippen LogP contribution < -0.4 is 0 Å². The van der Waals surface area contributed by atoms with Crippen LogP contribution >= 0.6 is 15.9 Å². The van der Waals surface area contributed by atoms with Gasteiger partial charge in [0.25, 0.3) is 0 Å². The van der Waals surface area contributed by atoms with Crippen molar-refractivity contribution in [2.45, 2.75) is 84.6 Å². The summed E-state index contributed by atoms with van der Waals surface area (Å²) in [7, 11) is -1.02. The maximum atomic E-state index is 13.7. The van der Waals surface area contributed by atoms with E-state index in [0.717, 1.165) is 33.2 Å². The molecule has 0 bridgehead atoms. The fourth-order valence-corrected chi connectivity index (χ4v) is 7.17. The topological polar surface area (TPSA) is 124 Å². The lowest BCUT2D eigenvalue weighted by molar-refractivity contribution is -0.141. The van der Waals surface area contributed by atoms with Crippen molar-refractivity contribution in [3.8, 4) is 5.75 Å². The van der Waals surface area contributed by atoms with Crippen LogP contribution in [-0.2, 0) is 19.0 Å². The lowest BCUT2D eigenvalue weighted by Gasteiger charge is -2.44. The van der Waals surface area contributed by atoms with Crippen LogP contribution in [0.1, 0.15) is 77.7 Å². The molecule has 2 saturated heterocycles. The van der Waals surface area contributed by atoms with Crippen LogP contribution in [0.2, 0.25) is 6.32 Å². The maximum absolute atomic E-state index is 13.7. The summed E-state index contributed by atoms with van der Waals surface area (Å²) in [5.41, 5.74) is 4.11. The second-order valence-corrected chi connectivity index (χ2v) is 12.7. The Morgan fingerprint density at radius 2 is 1.93 bits per heavy atom. The van der Waals surface area contributed by atoms with E-state index in [1.165, 1.54) is 4.90 Å². The molecular weight excluding hydrogens is 589 g/mol. The van der Waals surface area contributed by atoms with Gasteiger partial charge in [-0.2, -0.15) is 0 Å². The van der Waals surface area contributed by atoms with Gasteiger partial charge in [0.15, 0.2) is 0 Å². The van der Waals surface area contributed by atoms with E-state index in [0.29, 0.717) is 45.1 Å². The molecule has 3 aliphatic rings. The first-order valence-corrected chi connectivity index (χ1v) is 15.6. The van der Waals surface area contributed by atoms with Crippen molar-refractivity contribution < 1.29 is 34.3 Å². The predicted molar refractivity (Wildman–Crippen MR) is 161 cm³/mol. The molecule has 0 radical (unpaired) electrons. The van der Waals surface area contributed by atoms with Gasteiger partial charge in [-0.1, -0.05) is 60.3 Å². The number of hydrogen-bond donors (Lipinski definition) is 3. The Balaban J connectivity index is 1.54. The van der Waals surface area contributed by atoms with Gasteiger partial charge < -0.3 is 19.9 Å². The fraction of sp³-hybridized carbons (Fsp3) is 0.581. The van der Waals surface area contributed by atoms with Gasteiger partial charge in [0, 0.05) is 23.0 Å². The van der Waals surface area contributed by atoms with Crippen LogP contribution in [0, 0.1) is 23.7 Å². The molecule has 10 heteroatoms. The fourth-order valence-electron chi connectivity index (χ4n) is 6.79. The lowest BCUT2D eigenvalue weighted by Crippen LogP contribution is -2.46. The molecule has 1 aliphatic carbocycles. The average molecular weight is 630 g/mol. The zero-order valence-corrected chi connectivity index (χ0v) is 25.7. The summed E-state index contributed by atoms with van der Waals surface area (Å²) in [4.78, 5) is 39.3. The molecule has 2 amide bonds. The van der Waals surface area contributed by atoms with Crippen molar-refractivity contribution in [2.75, 3.05) is 6.54 Å². The zero-order valence-electron chi connectivity index (χ0n) is 24.1. The minimum Gasteiger partial charge on any atom is -0.507 e. The molecule has 2 aliphatic heterocycles. The molecule has 4 atom stereocenters. The van der Waals surface area contributed by atoms with Crippen molar-refractivity contribution in [3.05, 3.63) is 45.0 Å². The molecule has 3 N–H and O–H groups in total. The quantitative estimate of drug-likeness (QED) is 0.115. The highest BCUT2D eigenvalue weighted by Gasteiger charge is 2.57. The van der Waals surface area contributed by atoms with E-state index < -0.39 is 24.9 Å². The number of carbonyl (C=O) groups is 3. The number of carbonyl (C=O) groups excluding carboxylic acids is 2. The molecule has 1 aromatic carbocycles. The van der Waals surface area contributed by atoms with Gasteiger partial charge in [-0.3, -0.25) is 19.3 Å². The van der Waals surface area contributed by atoms with Crippen molar-refractivity contribution >= 4 is 46.9 Å². The summed E-state index contributed by atoms with van der Waals surface area (Å²) in [6.45, 7) is 6.59. The van der Waals surface area contributed by atoms with Crippen molar-refractivity contribution in [1.29, 1.82) is 0 Å². The van der Waals surface area contributed by atoms with Gasteiger partial charge in [0.05, 0.1) is 17.9 Å². The number of aliphatic carboxylic acids is 1. The first-order chi connectivity index (χ1) is 19.5. The Hall–Kier alpha value is -2.43. The monoisotopic (exact) mass is 629 g/mol. The van der Waals surface area contributed by atoms with Crippen LogP contribution in [0.25, 0.3) is 6.08 Å². The average Bonchev–Trinajstić information content (AvgIpc) is 3.16. The second-order valence-electron chi connectivity index (χ2n) is 11.8. The number of phenols is 1. The van der Waals surface area contributed by atoms with Gasteiger partial charge in [-0.25, -0.2) is 0 Å². The van der Waals surface area contributed by atoms with Gasteiger partial charge >= 0.3 is 13.1 Å². The minimum atomic E-state index is -1.02. The van der Waals surface area contributed by atoms with Crippen LogP contribution in [0.4, 0.5) is 0 Å². The number of phenolic OH excluding ortho intramolecular Hbond substituents is 1. The van der Waals surface area contributed by atoms with Gasteiger partial charge in [-0.15, -0.1) is 0 Å². The third-order valence-electron chi connectivity index (χ3n) is 8.84. The normalized spacial score (nSPS) is 24.8. The molecule has 0 aromatic heterocycles. The molecule has 222 valence electrons. The molecule has 0 spiro atoms. The van der Waals surface area contributed by atoms with E-state index in [1.54, 1.807) is 12.1 Å². The third-order valence-corrected chi connectivity index (χ3v) is 9.33. The number of rotatable bonds is 12. The van der Waals surface area contributed by atoms with Gasteiger partial charge in [0.1, 0.15) is 5.75 Å². The van der Waals surface area contributed by atoms with E-state index in [4.69, 9.17) is 9.76 Å². The maximum Gasteiger partial charge on any atom is 0.455 e. The highest BCUT2D eigenvalue weighted by molar-refractivity contribution is 9.10. The van der Waals surface area contributed by atoms with Gasteiger partial charge in [0.2, 0.25) is 11.8 Å². The molecule has 2 heterocycles. The predicted octanol–water partition coefficient (Wildman–Crippen LogP) is 5.83. The Morgan fingerprint density at radius 3 is 2.61 bits per heavy atom. The minimum absolute atomic E-state index is 0.0819. The first-order valence-electron chi connectivity index (χ1n) is 14.8. The van der Waals surface area contributed by atoms with Crippen LogP contribution in [0.3, 0.4) is 0 Å². The van der Waals surface area contributed by atoms with E-state index >= 15 is 0 Å². The highest BCUT2D eigenvalue weighted by Crippen LogP contribution is 2.52. The van der Waals surface area contributed by atoms with E-state index in [1.807, 2.05) is 12.1 Å². The number of likely N-dealkylation sites (tertiary alicyclic amines) is 1. The molecule has 8 nitrogen and oxygen atoms in total. The number of amides is 2. The summed E-state index contributed by atoms with van der Waals surface area (Å²) in [5, 5.41) is 30.0. The Bertz CT molecular complexity index is 1230. The van der Waals surface area contributed by atoms with E-state index in [2.05, 4.69) is 36.7 Å². The number of unbranched alkanes of at least 4 members (excludes halogenated alkanes) is 2. The number of halogens is 1. The van der Waals surface area contributed by atoms with Crippen molar-refractivity contribution in [2.24, 2.45) is 23.7 Å². The highest BCUT2D eigenvalue weighted by atomic mass is 79.9. The molecule has 2 fully saturated rings. The number of carboxylic acid groups (broad SMARTS) is 1. The largest absolute Gasteiger partial charge is 0.507 e. The summed E-state index contributed by atoms with van der Waals surface area (Å²) in [5.74, 6) is -1.95. The molecule has 0 unspecified atom stereocenters. The third kappa shape index (κ3) is 7.15. The second kappa shape index (κ2) is 13.7. The Kier molecular flexibility index (Phi) is 10.5. The van der Waals surface area contributed by atoms with Crippen LogP contribution in [0.15, 0.2) is 39.4 Å². The summed E-state index contributed by atoms with van der Waals surface area (Å²) < 4.78 is 7.01. The molecule has 41 heavy (non-hydrogen) atoms. The number of imide groups is 1. The van der Waals surface area contributed by atoms with E-state index in [9.17, 15) is 24.5 Å². The Morgan fingerprint density at radius 1 is 1.17 bits per heavy atom. The molecule has 4 rings (SSSR count). The number of fused-ring (bicyclic) bond motifs is 3. The SMILES string of the molecule is CC/C(=C\c1cc(Br)ccc1O)CC[C@H]1OB(O)C[C@H]2C1=C(C(C)C)C[C@H]1C(=O)N(CCCCCC(=O)O)C(=O)[C@H]12. The summed E-state index contributed by atoms with van der Waals surface area (Å²) >= 11 is 3.47. The molecule has 1 aromatic rings. The van der Waals surface area contributed by atoms with Crippen molar-refractivity contribution in [1.82, 2.24) is 4.90 Å². The molecule has 0 saturated carbocycles.